The summed E-state index contributed by atoms with van der Waals surface area (Å²) < 4.78 is 0. The average Bonchev–Trinajstić information content (AvgIpc) is 2.18. The van der Waals surface area contributed by atoms with Crippen LogP contribution in [0.1, 0.15) is 19.4 Å². The normalized spacial score (nSPS) is 11.1. The maximum absolute atomic E-state index is 5.66. The zero-order chi connectivity index (χ0) is 11.1. The van der Waals surface area contributed by atoms with Gasteiger partial charge in [0, 0.05) is 25.0 Å². The van der Waals surface area contributed by atoms with Crippen LogP contribution in [0.15, 0.2) is 29.5 Å². The van der Waals surface area contributed by atoms with Crippen LogP contribution in [0.5, 0.6) is 0 Å². The Bertz CT molecular complexity index is 311. The van der Waals surface area contributed by atoms with Crippen molar-refractivity contribution in [1.29, 1.82) is 0 Å². The lowest BCUT2D eigenvalue weighted by Crippen LogP contribution is -2.36. The Labute approximate surface area is 114 Å². The second-order valence-corrected chi connectivity index (χ2v) is 3.68. The molecule has 0 aliphatic heterocycles. The van der Waals surface area contributed by atoms with Crippen molar-refractivity contribution in [2.75, 3.05) is 6.54 Å². The molecule has 0 saturated heterocycles. The molecule has 0 bridgehead atoms. The van der Waals surface area contributed by atoms with E-state index < -0.39 is 0 Å². The second-order valence-electron chi connectivity index (χ2n) is 3.68. The minimum absolute atomic E-state index is 0. The monoisotopic (exact) mass is 334 g/mol. The lowest BCUT2D eigenvalue weighted by molar-refractivity contribution is 0.723. The smallest absolute Gasteiger partial charge is 0.188 e. The number of aliphatic imine (C=N–C) groups is 1. The molecule has 0 atom stereocenters. The molecule has 90 valence electrons. The quantitative estimate of drug-likeness (QED) is 0.499. The average molecular weight is 334 g/mol. The van der Waals surface area contributed by atoms with Gasteiger partial charge in [0.25, 0.3) is 0 Å². The zero-order valence-electron chi connectivity index (χ0n) is 9.68. The minimum Gasteiger partial charge on any atom is -0.370 e. The van der Waals surface area contributed by atoms with Crippen LogP contribution in [0.4, 0.5) is 0 Å². The van der Waals surface area contributed by atoms with Crippen LogP contribution in [0, 0.1) is 0 Å². The van der Waals surface area contributed by atoms with Crippen LogP contribution in [0.3, 0.4) is 0 Å². The van der Waals surface area contributed by atoms with Crippen molar-refractivity contribution in [3.05, 3.63) is 30.1 Å². The van der Waals surface area contributed by atoms with E-state index in [1.54, 1.807) is 6.20 Å². The van der Waals surface area contributed by atoms with Gasteiger partial charge in [0.2, 0.25) is 0 Å². The van der Waals surface area contributed by atoms with Crippen LogP contribution >= 0.6 is 24.0 Å². The first kappa shape index (κ1) is 15.2. The predicted octanol–water partition coefficient (Wildman–Crippen LogP) is 1.55. The number of pyridine rings is 1. The summed E-state index contributed by atoms with van der Waals surface area (Å²) in [4.78, 5) is 8.25. The maximum atomic E-state index is 5.66. The number of nitrogens with one attached hydrogen (secondary N) is 1. The summed E-state index contributed by atoms with van der Waals surface area (Å²) in [5, 5.41) is 3.04. The van der Waals surface area contributed by atoms with E-state index in [1.165, 1.54) is 5.56 Å². The molecule has 0 spiro atoms. The van der Waals surface area contributed by atoms with Crippen LogP contribution in [-0.4, -0.2) is 23.5 Å². The molecule has 1 aromatic heterocycles. The topological polar surface area (TPSA) is 63.3 Å². The lowest BCUT2D eigenvalue weighted by atomic mass is 10.2. The molecule has 0 unspecified atom stereocenters. The molecule has 3 N–H and O–H groups in total. The third kappa shape index (κ3) is 6.60. The highest BCUT2D eigenvalue weighted by atomic mass is 127. The number of rotatable bonds is 4. The number of nitrogens with two attached hydrogens (primary N) is 1. The van der Waals surface area contributed by atoms with Gasteiger partial charge in [0.05, 0.1) is 0 Å². The summed E-state index contributed by atoms with van der Waals surface area (Å²) in [5.74, 6) is 0.508. The van der Waals surface area contributed by atoms with Crippen molar-refractivity contribution in [2.45, 2.75) is 26.3 Å². The van der Waals surface area contributed by atoms with E-state index in [0.717, 1.165) is 6.42 Å². The van der Waals surface area contributed by atoms with Gasteiger partial charge in [0.15, 0.2) is 5.96 Å². The van der Waals surface area contributed by atoms with Crippen molar-refractivity contribution in [1.82, 2.24) is 10.3 Å². The van der Waals surface area contributed by atoms with Crippen LogP contribution in [0.25, 0.3) is 0 Å². The zero-order valence-corrected chi connectivity index (χ0v) is 12.0. The first-order valence-corrected chi connectivity index (χ1v) is 5.14. The Morgan fingerprint density at radius 1 is 1.56 bits per heavy atom. The molecule has 4 nitrogen and oxygen atoms in total. The number of hydrogen-bond donors (Lipinski definition) is 2. The summed E-state index contributed by atoms with van der Waals surface area (Å²) in [6.07, 6.45) is 4.48. The van der Waals surface area contributed by atoms with E-state index in [2.05, 4.69) is 15.3 Å². The third-order valence-corrected chi connectivity index (χ3v) is 1.84. The highest BCUT2D eigenvalue weighted by molar-refractivity contribution is 14.0. The van der Waals surface area contributed by atoms with Crippen molar-refractivity contribution >= 4 is 29.9 Å². The van der Waals surface area contributed by atoms with E-state index in [9.17, 15) is 0 Å². The van der Waals surface area contributed by atoms with Crippen molar-refractivity contribution < 1.29 is 0 Å². The fourth-order valence-electron chi connectivity index (χ4n) is 1.19. The van der Waals surface area contributed by atoms with Crippen LogP contribution < -0.4 is 11.1 Å². The molecule has 16 heavy (non-hydrogen) atoms. The molecule has 0 saturated carbocycles. The molecule has 0 fully saturated rings. The van der Waals surface area contributed by atoms with E-state index in [-0.39, 0.29) is 24.0 Å². The number of halogens is 1. The number of nitrogens with zero attached hydrogens (tertiary/aromatic N) is 2. The molecule has 0 aliphatic rings. The van der Waals surface area contributed by atoms with Gasteiger partial charge in [-0.2, -0.15) is 0 Å². The van der Waals surface area contributed by atoms with Gasteiger partial charge in [-0.1, -0.05) is 6.07 Å². The molecular weight excluding hydrogens is 315 g/mol. The minimum atomic E-state index is 0. The van der Waals surface area contributed by atoms with Crippen molar-refractivity contribution in [2.24, 2.45) is 10.7 Å². The summed E-state index contributed by atoms with van der Waals surface area (Å²) in [6, 6.07) is 4.29. The van der Waals surface area contributed by atoms with Crippen molar-refractivity contribution in [3.63, 3.8) is 0 Å². The Morgan fingerprint density at radius 3 is 2.88 bits per heavy atom. The summed E-state index contributed by atoms with van der Waals surface area (Å²) in [5.41, 5.74) is 6.84. The van der Waals surface area contributed by atoms with Crippen LogP contribution in [-0.2, 0) is 6.42 Å². The first-order chi connectivity index (χ1) is 7.18. The highest BCUT2D eigenvalue weighted by Gasteiger charge is 1.95. The summed E-state index contributed by atoms with van der Waals surface area (Å²) >= 11 is 0. The molecule has 0 aliphatic carbocycles. The fraction of sp³-hybridized carbons (Fsp3) is 0.455. The second kappa shape index (κ2) is 8.32. The SMILES string of the molecule is CC(C)NC(N)=NCCc1cccnc1.I. The molecule has 1 aromatic rings. The fourth-order valence-corrected chi connectivity index (χ4v) is 1.19. The van der Waals surface area contributed by atoms with Crippen molar-refractivity contribution in [3.8, 4) is 0 Å². The lowest BCUT2D eigenvalue weighted by Gasteiger charge is -2.08. The van der Waals surface area contributed by atoms with E-state index in [4.69, 9.17) is 5.73 Å². The number of guanidine groups is 1. The Balaban J connectivity index is 0.00000225. The van der Waals surface area contributed by atoms with Gasteiger partial charge < -0.3 is 11.1 Å². The van der Waals surface area contributed by atoms with Gasteiger partial charge in [-0.3, -0.25) is 9.98 Å². The Hall–Kier alpha value is -0.850. The maximum Gasteiger partial charge on any atom is 0.188 e. The molecule has 0 amide bonds. The van der Waals surface area contributed by atoms with Gasteiger partial charge >= 0.3 is 0 Å². The van der Waals surface area contributed by atoms with Gasteiger partial charge in [0.1, 0.15) is 0 Å². The number of hydrogen-bond acceptors (Lipinski definition) is 2. The van der Waals surface area contributed by atoms with Gasteiger partial charge in [-0.15, -0.1) is 24.0 Å². The number of aromatic nitrogens is 1. The van der Waals surface area contributed by atoms with Gasteiger partial charge in [-0.25, -0.2) is 0 Å². The molecule has 0 radical (unpaired) electrons. The third-order valence-electron chi connectivity index (χ3n) is 1.84. The van der Waals surface area contributed by atoms with Gasteiger partial charge in [-0.05, 0) is 31.9 Å². The molecule has 5 heteroatoms. The van der Waals surface area contributed by atoms with Crippen LogP contribution in [0.2, 0.25) is 0 Å². The molecule has 1 heterocycles. The van der Waals surface area contributed by atoms with E-state index >= 15 is 0 Å². The van der Waals surface area contributed by atoms with E-state index in [0.29, 0.717) is 18.5 Å². The molecule has 0 aromatic carbocycles. The highest BCUT2D eigenvalue weighted by Crippen LogP contribution is 1.96. The molecular formula is C11H19IN4. The first-order valence-electron chi connectivity index (χ1n) is 5.14. The standard InChI is InChI=1S/C11H18N4.HI/c1-9(2)15-11(12)14-7-5-10-4-3-6-13-8-10;/h3-4,6,8-9H,5,7H2,1-2H3,(H3,12,14,15);1H. The summed E-state index contributed by atoms with van der Waals surface area (Å²) in [6.45, 7) is 4.75. The summed E-state index contributed by atoms with van der Waals surface area (Å²) in [7, 11) is 0. The predicted molar refractivity (Wildman–Crippen MR) is 78.1 cm³/mol. The molecule has 1 rings (SSSR count). The van der Waals surface area contributed by atoms with E-state index in [1.807, 2.05) is 32.2 Å². The Kier molecular flexibility index (Phi) is 7.88. The Morgan fingerprint density at radius 2 is 2.31 bits per heavy atom. The largest absolute Gasteiger partial charge is 0.370 e.